The Morgan fingerprint density at radius 3 is 2.31 bits per heavy atom. The second-order valence-electron chi connectivity index (χ2n) is 9.59. The van der Waals surface area contributed by atoms with Crippen LogP contribution in [0.25, 0.3) is 10.8 Å². The summed E-state index contributed by atoms with van der Waals surface area (Å²) in [4.78, 5) is 28.7. The molecule has 2 amide bonds. The van der Waals surface area contributed by atoms with Crippen LogP contribution in [0, 0.1) is 5.92 Å². The maximum absolute atomic E-state index is 13.3. The van der Waals surface area contributed by atoms with Gasteiger partial charge >= 0.3 is 0 Å². The molecule has 5 rings (SSSR count). The van der Waals surface area contributed by atoms with E-state index >= 15 is 0 Å². The van der Waals surface area contributed by atoms with Crippen molar-refractivity contribution >= 4 is 34.0 Å². The van der Waals surface area contributed by atoms with Gasteiger partial charge in [-0.2, -0.15) is 0 Å². The van der Waals surface area contributed by atoms with Crippen LogP contribution in [-0.4, -0.2) is 24.9 Å². The number of amides is 2. The summed E-state index contributed by atoms with van der Waals surface area (Å²) in [6, 6.07) is 29.2. The van der Waals surface area contributed by atoms with Gasteiger partial charge in [-0.3, -0.25) is 9.59 Å². The Kier molecular flexibility index (Phi) is 6.99. The first-order chi connectivity index (χ1) is 17.6. The highest BCUT2D eigenvalue weighted by atomic mass is 16.2. The minimum atomic E-state index is -0.198. The lowest BCUT2D eigenvalue weighted by molar-refractivity contribution is 0.0950. The van der Waals surface area contributed by atoms with Gasteiger partial charge in [0.15, 0.2) is 0 Å². The second-order valence-corrected chi connectivity index (χ2v) is 9.59. The fraction of sp³-hybridized carbons (Fsp3) is 0.226. The van der Waals surface area contributed by atoms with E-state index in [4.69, 9.17) is 0 Å². The fourth-order valence-corrected chi connectivity index (χ4v) is 4.73. The number of fused-ring (bicyclic) bond motifs is 1. The van der Waals surface area contributed by atoms with Crippen molar-refractivity contribution in [3.05, 3.63) is 108 Å². The van der Waals surface area contributed by atoms with Gasteiger partial charge in [0.25, 0.3) is 11.8 Å². The summed E-state index contributed by atoms with van der Waals surface area (Å²) in [6.07, 6.45) is 2.21. The van der Waals surface area contributed by atoms with Crippen LogP contribution in [0.4, 0.5) is 11.4 Å². The molecule has 0 aliphatic carbocycles. The molecule has 4 aromatic carbocycles. The number of anilines is 2. The number of benzene rings is 4. The Labute approximate surface area is 212 Å². The van der Waals surface area contributed by atoms with Crippen molar-refractivity contribution in [3.63, 3.8) is 0 Å². The summed E-state index contributed by atoms with van der Waals surface area (Å²) in [7, 11) is 0. The van der Waals surface area contributed by atoms with E-state index in [-0.39, 0.29) is 11.8 Å². The molecule has 5 heteroatoms. The molecule has 36 heavy (non-hydrogen) atoms. The molecule has 0 aromatic heterocycles. The molecule has 1 aliphatic heterocycles. The molecule has 1 saturated heterocycles. The quantitative estimate of drug-likeness (QED) is 0.345. The first-order valence-electron chi connectivity index (χ1n) is 12.6. The van der Waals surface area contributed by atoms with Crippen molar-refractivity contribution < 1.29 is 9.59 Å². The minimum Gasteiger partial charge on any atom is -0.371 e. The van der Waals surface area contributed by atoms with Gasteiger partial charge in [-0.05, 0) is 65.4 Å². The number of hydrogen-bond acceptors (Lipinski definition) is 3. The first kappa shape index (κ1) is 23.6. The van der Waals surface area contributed by atoms with Gasteiger partial charge in [-0.15, -0.1) is 0 Å². The number of rotatable bonds is 6. The van der Waals surface area contributed by atoms with Crippen molar-refractivity contribution in [2.24, 2.45) is 5.92 Å². The number of nitrogens with zero attached hydrogens (tertiary/aromatic N) is 1. The SMILES string of the molecule is CC1CCN(c2ccc(NC(=O)c3ccc4ccccc4c3)cc2C(=O)NCc2ccccc2)CC1. The summed E-state index contributed by atoms with van der Waals surface area (Å²) in [5.74, 6) is 0.349. The molecule has 0 spiro atoms. The van der Waals surface area contributed by atoms with E-state index < -0.39 is 0 Å². The van der Waals surface area contributed by atoms with Crippen molar-refractivity contribution in [2.45, 2.75) is 26.3 Å². The molecule has 2 N–H and O–H groups in total. The van der Waals surface area contributed by atoms with E-state index in [0.29, 0.717) is 29.3 Å². The predicted octanol–water partition coefficient (Wildman–Crippen LogP) is 6.26. The lowest BCUT2D eigenvalue weighted by atomic mass is 9.97. The largest absolute Gasteiger partial charge is 0.371 e. The average Bonchev–Trinajstić information content (AvgIpc) is 2.92. The number of carbonyl (C=O) groups excluding carboxylic acids is 2. The van der Waals surface area contributed by atoms with Gasteiger partial charge in [0.1, 0.15) is 0 Å². The molecule has 5 nitrogen and oxygen atoms in total. The van der Waals surface area contributed by atoms with Gasteiger partial charge in [0.2, 0.25) is 0 Å². The zero-order valence-corrected chi connectivity index (χ0v) is 20.5. The second kappa shape index (κ2) is 10.6. The molecule has 4 aromatic rings. The highest BCUT2D eigenvalue weighted by Gasteiger charge is 2.22. The third kappa shape index (κ3) is 5.41. The van der Waals surface area contributed by atoms with Gasteiger partial charge < -0.3 is 15.5 Å². The van der Waals surface area contributed by atoms with Gasteiger partial charge in [0.05, 0.1) is 5.56 Å². The predicted molar refractivity (Wildman–Crippen MR) is 147 cm³/mol. The van der Waals surface area contributed by atoms with Gasteiger partial charge in [-0.25, -0.2) is 0 Å². The summed E-state index contributed by atoms with van der Waals surface area (Å²) in [5, 5.41) is 8.15. The van der Waals surface area contributed by atoms with Crippen LogP contribution in [0.5, 0.6) is 0 Å². The Morgan fingerprint density at radius 2 is 1.53 bits per heavy atom. The van der Waals surface area contributed by atoms with E-state index in [1.165, 1.54) is 0 Å². The first-order valence-corrected chi connectivity index (χ1v) is 12.6. The van der Waals surface area contributed by atoms with Crippen LogP contribution in [0.1, 0.15) is 46.0 Å². The summed E-state index contributed by atoms with van der Waals surface area (Å²) >= 11 is 0. The van der Waals surface area contributed by atoms with Crippen LogP contribution in [0.2, 0.25) is 0 Å². The summed E-state index contributed by atoms with van der Waals surface area (Å²) < 4.78 is 0. The number of carbonyl (C=O) groups is 2. The van der Waals surface area contributed by atoms with Crippen LogP contribution in [0.3, 0.4) is 0 Å². The van der Waals surface area contributed by atoms with Crippen molar-refractivity contribution in [1.82, 2.24) is 5.32 Å². The molecule has 1 heterocycles. The third-order valence-electron chi connectivity index (χ3n) is 6.93. The fourth-order valence-electron chi connectivity index (χ4n) is 4.73. The van der Waals surface area contributed by atoms with Crippen LogP contribution < -0.4 is 15.5 Å². The Bertz CT molecular complexity index is 1380. The standard InChI is InChI=1S/C31H31N3O2/c1-22-15-17-34(18-16-22)29-14-13-27(20-28(29)31(36)32-21-23-7-3-2-4-8-23)33-30(35)26-12-11-24-9-5-6-10-25(24)19-26/h2-14,19-20,22H,15-18,21H2,1H3,(H,32,36)(H,33,35). The molecule has 1 aliphatic rings. The molecule has 1 fully saturated rings. The molecule has 182 valence electrons. The van der Waals surface area contributed by atoms with E-state index in [9.17, 15) is 9.59 Å². The highest BCUT2D eigenvalue weighted by molar-refractivity contribution is 6.08. The van der Waals surface area contributed by atoms with E-state index in [1.807, 2.05) is 84.9 Å². The maximum atomic E-state index is 13.3. The van der Waals surface area contributed by atoms with Crippen molar-refractivity contribution in [3.8, 4) is 0 Å². The van der Waals surface area contributed by atoms with Crippen LogP contribution in [-0.2, 0) is 6.54 Å². The molecule has 0 radical (unpaired) electrons. The summed E-state index contributed by atoms with van der Waals surface area (Å²) in [6.45, 7) is 4.56. The third-order valence-corrected chi connectivity index (χ3v) is 6.93. The molecule has 0 atom stereocenters. The van der Waals surface area contributed by atoms with Crippen LogP contribution >= 0.6 is 0 Å². The molecular weight excluding hydrogens is 446 g/mol. The van der Waals surface area contributed by atoms with Crippen LogP contribution in [0.15, 0.2) is 91.0 Å². The monoisotopic (exact) mass is 477 g/mol. The van der Waals surface area contributed by atoms with Crippen molar-refractivity contribution in [2.75, 3.05) is 23.3 Å². The average molecular weight is 478 g/mol. The molecule has 0 bridgehead atoms. The van der Waals surface area contributed by atoms with Gasteiger partial charge in [-0.1, -0.05) is 67.6 Å². The van der Waals surface area contributed by atoms with E-state index in [2.05, 4.69) is 22.5 Å². The number of nitrogens with one attached hydrogen (secondary N) is 2. The Hall–Kier alpha value is -4.12. The number of hydrogen-bond donors (Lipinski definition) is 2. The van der Waals surface area contributed by atoms with E-state index in [1.54, 1.807) is 6.07 Å². The smallest absolute Gasteiger partial charge is 0.255 e. The topological polar surface area (TPSA) is 61.4 Å². The molecular formula is C31H31N3O2. The maximum Gasteiger partial charge on any atom is 0.255 e. The highest BCUT2D eigenvalue weighted by Crippen LogP contribution is 2.29. The minimum absolute atomic E-state index is 0.144. The Morgan fingerprint density at radius 1 is 0.806 bits per heavy atom. The lowest BCUT2D eigenvalue weighted by Crippen LogP contribution is -2.35. The molecule has 0 unspecified atom stereocenters. The zero-order chi connectivity index (χ0) is 24.9. The van der Waals surface area contributed by atoms with E-state index in [0.717, 1.165) is 48.0 Å². The Balaban J connectivity index is 1.39. The normalized spacial score (nSPS) is 14.0. The van der Waals surface area contributed by atoms with Gasteiger partial charge in [0, 0.05) is 36.6 Å². The summed E-state index contributed by atoms with van der Waals surface area (Å²) in [5.41, 5.74) is 3.72. The molecule has 0 saturated carbocycles. The van der Waals surface area contributed by atoms with Crippen molar-refractivity contribution in [1.29, 1.82) is 0 Å². The lowest BCUT2D eigenvalue weighted by Gasteiger charge is -2.33. The number of piperidine rings is 1. The zero-order valence-electron chi connectivity index (χ0n) is 20.5.